The molecule has 1 heterocycles. The van der Waals surface area contributed by atoms with Gasteiger partial charge in [0.05, 0.1) is 6.61 Å². The molecule has 1 saturated heterocycles. The van der Waals surface area contributed by atoms with Gasteiger partial charge in [-0.15, -0.1) is 0 Å². The third kappa shape index (κ3) is 4.58. The van der Waals surface area contributed by atoms with Gasteiger partial charge >= 0.3 is 5.97 Å². The number of rotatable bonds is 5. The second-order valence-corrected chi connectivity index (χ2v) is 3.91. The Kier molecular flexibility index (Phi) is 4.90. The van der Waals surface area contributed by atoms with Crippen molar-refractivity contribution in [2.24, 2.45) is 0 Å². The fourth-order valence-corrected chi connectivity index (χ4v) is 1.70. The van der Waals surface area contributed by atoms with Crippen LogP contribution in [0.3, 0.4) is 0 Å². The predicted molar refractivity (Wildman–Crippen MR) is 53.3 cm³/mol. The average molecular weight is 201 g/mol. The van der Waals surface area contributed by atoms with E-state index in [0.717, 1.165) is 26.1 Å². The number of carboxylic acids is 1. The van der Waals surface area contributed by atoms with Crippen LogP contribution in [-0.2, 0) is 9.53 Å². The molecule has 4 heteroatoms. The second kappa shape index (κ2) is 5.98. The number of nitrogens with one attached hydrogen (secondary N) is 1. The fourth-order valence-electron chi connectivity index (χ4n) is 1.70. The zero-order valence-corrected chi connectivity index (χ0v) is 8.66. The van der Waals surface area contributed by atoms with Crippen molar-refractivity contribution in [2.45, 2.75) is 44.7 Å². The molecule has 0 bridgehead atoms. The molecule has 1 aliphatic rings. The Morgan fingerprint density at radius 3 is 3.07 bits per heavy atom. The molecule has 0 amide bonds. The Balaban J connectivity index is 2.11. The number of hydrogen-bond acceptors (Lipinski definition) is 3. The van der Waals surface area contributed by atoms with Crippen LogP contribution in [0.25, 0.3) is 0 Å². The number of carboxylic acid groups (broad SMARTS) is 1. The van der Waals surface area contributed by atoms with Crippen LogP contribution in [-0.4, -0.2) is 36.4 Å². The second-order valence-electron chi connectivity index (χ2n) is 3.91. The lowest BCUT2D eigenvalue weighted by Crippen LogP contribution is -2.42. The molecule has 0 aromatic rings. The minimum absolute atomic E-state index is 0.238. The van der Waals surface area contributed by atoms with Crippen LogP contribution < -0.4 is 5.32 Å². The molecule has 4 nitrogen and oxygen atoms in total. The summed E-state index contributed by atoms with van der Waals surface area (Å²) in [6.07, 6.45) is 3.16. The van der Waals surface area contributed by atoms with Gasteiger partial charge in [0.2, 0.25) is 0 Å². The van der Waals surface area contributed by atoms with E-state index in [1.54, 1.807) is 0 Å². The van der Waals surface area contributed by atoms with Gasteiger partial charge in [-0.25, -0.2) is 0 Å². The third-order valence-corrected chi connectivity index (χ3v) is 2.47. The van der Waals surface area contributed by atoms with Crippen LogP contribution in [0.1, 0.15) is 32.6 Å². The molecular formula is C10H19NO3. The zero-order chi connectivity index (χ0) is 10.4. The van der Waals surface area contributed by atoms with Gasteiger partial charge in [0.15, 0.2) is 0 Å². The molecule has 2 N–H and O–H groups in total. The topological polar surface area (TPSA) is 58.6 Å². The van der Waals surface area contributed by atoms with E-state index in [0.29, 0.717) is 12.5 Å². The van der Waals surface area contributed by atoms with Crippen molar-refractivity contribution in [3.05, 3.63) is 0 Å². The van der Waals surface area contributed by atoms with Crippen LogP contribution in [0.2, 0.25) is 0 Å². The van der Waals surface area contributed by atoms with Gasteiger partial charge < -0.3 is 15.2 Å². The smallest absolute Gasteiger partial charge is 0.303 e. The van der Waals surface area contributed by atoms with Gasteiger partial charge in [-0.3, -0.25) is 4.79 Å². The fraction of sp³-hybridized carbons (Fsp3) is 0.900. The minimum atomic E-state index is -0.724. The number of aliphatic carboxylic acids is 1. The van der Waals surface area contributed by atoms with Crippen LogP contribution in [0.5, 0.6) is 0 Å². The maximum absolute atomic E-state index is 10.3. The Labute approximate surface area is 84.6 Å². The van der Waals surface area contributed by atoms with Gasteiger partial charge in [-0.05, 0) is 26.2 Å². The van der Waals surface area contributed by atoms with Crippen molar-refractivity contribution in [3.63, 3.8) is 0 Å². The zero-order valence-electron chi connectivity index (χ0n) is 8.66. The Hall–Kier alpha value is -0.610. The summed E-state index contributed by atoms with van der Waals surface area (Å²) >= 11 is 0. The lowest BCUT2D eigenvalue weighted by molar-refractivity contribution is -0.137. The summed E-state index contributed by atoms with van der Waals surface area (Å²) in [4.78, 5) is 10.3. The summed E-state index contributed by atoms with van der Waals surface area (Å²) in [5.74, 6) is -0.724. The monoisotopic (exact) mass is 201 g/mol. The molecule has 1 fully saturated rings. The van der Waals surface area contributed by atoms with Gasteiger partial charge in [0, 0.05) is 25.1 Å². The Bertz CT molecular complexity index is 178. The highest BCUT2D eigenvalue weighted by atomic mass is 16.5. The Morgan fingerprint density at radius 2 is 2.50 bits per heavy atom. The maximum atomic E-state index is 10.3. The molecule has 0 aliphatic carbocycles. The minimum Gasteiger partial charge on any atom is -0.481 e. The quantitative estimate of drug-likeness (QED) is 0.697. The van der Waals surface area contributed by atoms with Crippen LogP contribution in [0.4, 0.5) is 0 Å². The largest absolute Gasteiger partial charge is 0.481 e. The summed E-state index contributed by atoms with van der Waals surface area (Å²) in [6, 6.07) is 0.672. The van der Waals surface area contributed by atoms with E-state index in [4.69, 9.17) is 9.84 Å². The maximum Gasteiger partial charge on any atom is 0.303 e. The van der Waals surface area contributed by atoms with Crippen molar-refractivity contribution in [1.82, 2.24) is 5.32 Å². The molecule has 0 saturated carbocycles. The molecule has 0 radical (unpaired) electrons. The first-order chi connectivity index (χ1) is 6.68. The molecule has 0 spiro atoms. The van der Waals surface area contributed by atoms with E-state index in [1.807, 2.05) is 6.92 Å². The van der Waals surface area contributed by atoms with E-state index >= 15 is 0 Å². The molecule has 1 rings (SSSR count). The summed E-state index contributed by atoms with van der Waals surface area (Å²) < 4.78 is 5.33. The summed E-state index contributed by atoms with van der Waals surface area (Å²) in [5.41, 5.74) is 0. The van der Waals surface area contributed by atoms with E-state index in [9.17, 15) is 4.79 Å². The van der Waals surface area contributed by atoms with Crippen molar-refractivity contribution in [3.8, 4) is 0 Å². The molecule has 2 atom stereocenters. The molecule has 0 aromatic carbocycles. The van der Waals surface area contributed by atoms with Crippen molar-refractivity contribution in [1.29, 1.82) is 0 Å². The van der Waals surface area contributed by atoms with Crippen LogP contribution in [0, 0.1) is 0 Å². The average Bonchev–Trinajstić information content (AvgIpc) is 2.16. The van der Waals surface area contributed by atoms with Gasteiger partial charge in [-0.2, -0.15) is 0 Å². The summed E-state index contributed by atoms with van der Waals surface area (Å²) in [5, 5.41) is 11.9. The van der Waals surface area contributed by atoms with E-state index in [-0.39, 0.29) is 12.5 Å². The molecule has 82 valence electrons. The number of carbonyl (C=O) groups is 1. The van der Waals surface area contributed by atoms with Crippen molar-refractivity contribution < 1.29 is 14.6 Å². The molecule has 2 unspecified atom stereocenters. The highest BCUT2D eigenvalue weighted by Crippen LogP contribution is 2.08. The summed E-state index contributed by atoms with van der Waals surface area (Å²) in [7, 11) is 0. The lowest BCUT2D eigenvalue weighted by atomic mass is 10.1. The van der Waals surface area contributed by atoms with Crippen molar-refractivity contribution in [2.75, 3.05) is 13.2 Å². The molecule has 0 aromatic heterocycles. The van der Waals surface area contributed by atoms with Crippen LogP contribution in [0.15, 0.2) is 0 Å². The molecule has 14 heavy (non-hydrogen) atoms. The molecule has 1 aliphatic heterocycles. The van der Waals surface area contributed by atoms with Crippen LogP contribution >= 0.6 is 0 Å². The van der Waals surface area contributed by atoms with E-state index in [2.05, 4.69) is 5.32 Å². The van der Waals surface area contributed by atoms with Crippen molar-refractivity contribution >= 4 is 5.97 Å². The van der Waals surface area contributed by atoms with Gasteiger partial charge in [-0.1, -0.05) is 0 Å². The van der Waals surface area contributed by atoms with Gasteiger partial charge in [0.25, 0.3) is 0 Å². The SMILES string of the molecule is CC(CCC(=O)O)NC1CCCOC1. The lowest BCUT2D eigenvalue weighted by Gasteiger charge is -2.26. The number of ether oxygens (including phenoxy) is 1. The first-order valence-corrected chi connectivity index (χ1v) is 5.24. The number of hydrogen-bond donors (Lipinski definition) is 2. The standard InChI is InChI=1S/C10H19NO3/c1-8(4-5-10(12)13)11-9-3-2-6-14-7-9/h8-9,11H,2-7H2,1H3,(H,12,13). The first kappa shape index (κ1) is 11.5. The Morgan fingerprint density at radius 1 is 1.71 bits per heavy atom. The first-order valence-electron chi connectivity index (χ1n) is 5.24. The van der Waals surface area contributed by atoms with Gasteiger partial charge in [0.1, 0.15) is 0 Å². The van der Waals surface area contributed by atoms with E-state index in [1.165, 1.54) is 0 Å². The normalized spacial score (nSPS) is 24.5. The molecular weight excluding hydrogens is 182 g/mol. The summed E-state index contributed by atoms with van der Waals surface area (Å²) in [6.45, 7) is 3.65. The predicted octanol–water partition coefficient (Wildman–Crippen LogP) is 1.01. The third-order valence-electron chi connectivity index (χ3n) is 2.47. The highest BCUT2D eigenvalue weighted by Gasteiger charge is 2.16. The highest BCUT2D eigenvalue weighted by molar-refractivity contribution is 5.66. The van der Waals surface area contributed by atoms with E-state index < -0.39 is 5.97 Å².